The highest BCUT2D eigenvalue weighted by molar-refractivity contribution is 5.94. The molecule has 8 nitrogen and oxygen atoms in total. The van der Waals surface area contributed by atoms with Crippen LogP contribution in [0.1, 0.15) is 39.9 Å². The smallest absolute Gasteiger partial charge is 0.332 e. The van der Waals surface area contributed by atoms with E-state index in [1.54, 1.807) is 13.0 Å². The van der Waals surface area contributed by atoms with E-state index in [9.17, 15) is 27.2 Å². The van der Waals surface area contributed by atoms with Crippen LogP contribution < -0.4 is 5.56 Å². The number of carbonyl (C=O) groups excluding carboxylic acids is 1. The first kappa shape index (κ1) is 22.6. The maximum Gasteiger partial charge on any atom is 0.408 e. The van der Waals surface area contributed by atoms with Crippen LogP contribution in [0.15, 0.2) is 35.1 Å². The Balaban J connectivity index is 1.53. The second-order valence-corrected chi connectivity index (χ2v) is 7.70. The van der Waals surface area contributed by atoms with Gasteiger partial charge in [-0.1, -0.05) is 11.3 Å². The topological polar surface area (TPSA) is 85.9 Å². The lowest BCUT2D eigenvalue weighted by atomic mass is 10.0. The number of aryl methyl sites for hydroxylation is 1. The van der Waals surface area contributed by atoms with Crippen molar-refractivity contribution < 1.29 is 22.4 Å². The quantitative estimate of drug-likeness (QED) is 0.541. The first-order chi connectivity index (χ1) is 15.6. The summed E-state index contributed by atoms with van der Waals surface area (Å²) in [5.74, 6) is -1.29. The van der Waals surface area contributed by atoms with Gasteiger partial charge in [0.15, 0.2) is 0 Å². The van der Waals surface area contributed by atoms with Crippen molar-refractivity contribution >= 4 is 5.91 Å². The lowest BCUT2D eigenvalue weighted by molar-refractivity contribution is -0.143. The summed E-state index contributed by atoms with van der Waals surface area (Å²) in [7, 11) is 0. The van der Waals surface area contributed by atoms with Gasteiger partial charge in [0.1, 0.15) is 18.1 Å². The molecule has 0 unspecified atom stereocenters. The third-order valence-electron chi connectivity index (χ3n) is 5.36. The number of fused-ring (bicyclic) bond motifs is 1. The van der Waals surface area contributed by atoms with Crippen LogP contribution >= 0.6 is 0 Å². The van der Waals surface area contributed by atoms with Crippen molar-refractivity contribution in [2.75, 3.05) is 6.54 Å². The molecule has 1 aliphatic rings. The molecule has 1 amide bonds. The molecule has 3 heterocycles. The Bertz CT molecular complexity index is 1250. The van der Waals surface area contributed by atoms with Crippen LogP contribution in [-0.2, 0) is 32.5 Å². The number of carbonyl (C=O) groups is 1. The third-order valence-corrected chi connectivity index (χ3v) is 5.36. The monoisotopic (exact) mass is 464 g/mol. The fourth-order valence-corrected chi connectivity index (χ4v) is 3.77. The van der Waals surface area contributed by atoms with Crippen LogP contribution in [0.25, 0.3) is 0 Å². The van der Waals surface area contributed by atoms with Gasteiger partial charge in [-0.2, -0.15) is 18.3 Å². The fraction of sp³-hybridized carbons (Fsp3) is 0.381. The van der Waals surface area contributed by atoms with Gasteiger partial charge in [0.25, 0.3) is 11.5 Å². The first-order valence-electron chi connectivity index (χ1n) is 10.3. The SMILES string of the molecule is CCn1nc(Cc2ccc(F)c(C(=O)N3CCc4c(nnn4CC(F)(F)F)C3)c2)ccc1=O. The van der Waals surface area contributed by atoms with Gasteiger partial charge >= 0.3 is 6.18 Å². The fourth-order valence-electron chi connectivity index (χ4n) is 3.77. The van der Waals surface area contributed by atoms with Crippen molar-refractivity contribution in [1.29, 1.82) is 0 Å². The van der Waals surface area contributed by atoms with Gasteiger partial charge in [-0.15, -0.1) is 5.10 Å². The molecule has 33 heavy (non-hydrogen) atoms. The molecule has 0 spiro atoms. The Labute approximate surface area is 185 Å². The highest BCUT2D eigenvalue weighted by Crippen LogP contribution is 2.24. The van der Waals surface area contributed by atoms with E-state index < -0.39 is 24.4 Å². The summed E-state index contributed by atoms with van der Waals surface area (Å²) in [6.07, 6.45) is -4.01. The van der Waals surface area contributed by atoms with Gasteiger partial charge in [0.2, 0.25) is 0 Å². The summed E-state index contributed by atoms with van der Waals surface area (Å²) in [5.41, 5.74) is 1.42. The molecule has 174 valence electrons. The molecule has 0 aliphatic carbocycles. The van der Waals surface area contributed by atoms with E-state index in [0.717, 1.165) is 4.68 Å². The lowest BCUT2D eigenvalue weighted by Crippen LogP contribution is -2.37. The molecule has 4 rings (SSSR count). The highest BCUT2D eigenvalue weighted by Gasteiger charge is 2.33. The summed E-state index contributed by atoms with van der Waals surface area (Å²) in [4.78, 5) is 26.1. The summed E-state index contributed by atoms with van der Waals surface area (Å²) in [6, 6.07) is 7.13. The van der Waals surface area contributed by atoms with Crippen molar-refractivity contribution in [2.24, 2.45) is 0 Å². The summed E-state index contributed by atoms with van der Waals surface area (Å²) in [5, 5.41) is 11.6. The zero-order valence-electron chi connectivity index (χ0n) is 17.6. The third kappa shape index (κ3) is 4.94. The largest absolute Gasteiger partial charge is 0.408 e. The molecule has 12 heteroatoms. The van der Waals surface area contributed by atoms with Crippen LogP contribution in [0.2, 0.25) is 0 Å². The maximum atomic E-state index is 14.5. The van der Waals surface area contributed by atoms with Crippen LogP contribution in [0.4, 0.5) is 17.6 Å². The standard InChI is InChI=1S/C21H20F4N6O2/c1-2-30-19(32)6-4-14(27-30)9-13-3-5-16(22)15(10-13)20(33)29-8-7-18-17(11-29)26-28-31(18)12-21(23,24)25/h3-6,10H,2,7-9,11-12H2,1H3. The van der Waals surface area contributed by atoms with Crippen LogP contribution in [0, 0.1) is 5.82 Å². The molecule has 1 aliphatic heterocycles. The minimum Gasteiger partial charge on any atom is -0.332 e. The Hall–Kier alpha value is -3.57. The molecule has 0 N–H and O–H groups in total. The van der Waals surface area contributed by atoms with Gasteiger partial charge in [0.05, 0.1) is 23.5 Å². The lowest BCUT2D eigenvalue weighted by Gasteiger charge is -2.27. The average molecular weight is 464 g/mol. The van der Waals surface area contributed by atoms with E-state index in [2.05, 4.69) is 15.4 Å². The Morgan fingerprint density at radius 1 is 1.15 bits per heavy atom. The zero-order chi connectivity index (χ0) is 23.8. The number of rotatable bonds is 5. The molecule has 0 radical (unpaired) electrons. The molecule has 1 aromatic carbocycles. The highest BCUT2D eigenvalue weighted by atomic mass is 19.4. The van der Waals surface area contributed by atoms with Gasteiger partial charge < -0.3 is 4.90 Å². The minimum atomic E-state index is -4.43. The van der Waals surface area contributed by atoms with E-state index in [-0.39, 0.29) is 42.7 Å². The van der Waals surface area contributed by atoms with Gasteiger partial charge in [0, 0.05) is 32.0 Å². The van der Waals surface area contributed by atoms with Crippen molar-refractivity contribution in [3.8, 4) is 0 Å². The predicted octanol–water partition coefficient (Wildman–Crippen LogP) is 2.35. The van der Waals surface area contributed by atoms with E-state index >= 15 is 0 Å². The van der Waals surface area contributed by atoms with Crippen molar-refractivity contribution in [3.05, 3.63) is 74.7 Å². The molecular formula is C21H20F4N6O2. The minimum absolute atomic E-state index is 0.0568. The Morgan fingerprint density at radius 3 is 2.67 bits per heavy atom. The summed E-state index contributed by atoms with van der Waals surface area (Å²) < 4.78 is 54.7. The molecule has 0 bridgehead atoms. The second kappa shape index (κ2) is 8.75. The second-order valence-electron chi connectivity index (χ2n) is 7.70. The summed E-state index contributed by atoms with van der Waals surface area (Å²) >= 11 is 0. The van der Waals surface area contributed by atoms with Crippen molar-refractivity contribution in [1.82, 2.24) is 29.7 Å². The number of aromatic nitrogens is 5. The van der Waals surface area contributed by atoms with E-state index in [4.69, 9.17) is 0 Å². The van der Waals surface area contributed by atoms with E-state index in [1.807, 2.05) is 0 Å². The number of hydrogen-bond acceptors (Lipinski definition) is 5. The van der Waals surface area contributed by atoms with Gasteiger partial charge in [-0.25, -0.2) is 13.8 Å². The van der Waals surface area contributed by atoms with E-state index in [1.165, 1.54) is 33.8 Å². The summed E-state index contributed by atoms with van der Waals surface area (Å²) in [6.45, 7) is 1.00. The number of halogens is 4. The van der Waals surface area contributed by atoms with Gasteiger partial charge in [-0.05, 0) is 30.7 Å². The zero-order valence-corrected chi connectivity index (χ0v) is 17.6. The molecule has 0 saturated heterocycles. The average Bonchev–Trinajstić information content (AvgIpc) is 3.16. The molecule has 0 fully saturated rings. The molecule has 0 saturated carbocycles. The Morgan fingerprint density at radius 2 is 1.94 bits per heavy atom. The number of nitrogens with zero attached hydrogens (tertiary/aromatic N) is 6. The number of benzene rings is 1. The number of hydrogen-bond donors (Lipinski definition) is 0. The maximum absolute atomic E-state index is 14.5. The first-order valence-corrected chi connectivity index (χ1v) is 10.3. The number of alkyl halides is 3. The molecule has 3 aromatic rings. The predicted molar refractivity (Wildman–Crippen MR) is 108 cm³/mol. The number of amides is 1. The van der Waals surface area contributed by atoms with Crippen LogP contribution in [0.5, 0.6) is 0 Å². The van der Waals surface area contributed by atoms with Crippen molar-refractivity contribution in [2.45, 2.75) is 45.6 Å². The van der Waals surface area contributed by atoms with Crippen LogP contribution in [0.3, 0.4) is 0 Å². The normalized spacial score (nSPS) is 13.8. The molecule has 0 atom stereocenters. The molecular weight excluding hydrogens is 444 g/mol. The van der Waals surface area contributed by atoms with Gasteiger partial charge in [-0.3, -0.25) is 9.59 Å². The van der Waals surface area contributed by atoms with Crippen LogP contribution in [-0.4, -0.2) is 48.3 Å². The van der Waals surface area contributed by atoms with E-state index in [0.29, 0.717) is 23.5 Å². The van der Waals surface area contributed by atoms with Crippen molar-refractivity contribution in [3.63, 3.8) is 0 Å². The molecule has 2 aromatic heterocycles. The Kier molecular flexibility index (Phi) is 6.00.